The van der Waals surface area contributed by atoms with E-state index < -0.39 is 18.0 Å². The first-order valence-electron chi connectivity index (χ1n) is 16.2. The number of methoxy groups -OCH3 is 2. The van der Waals surface area contributed by atoms with Crippen molar-refractivity contribution >= 4 is 29.4 Å². The number of aromatic nitrogens is 1. The van der Waals surface area contributed by atoms with Crippen LogP contribution in [0, 0.1) is 0 Å². The molecule has 11 nitrogen and oxygen atoms in total. The first-order chi connectivity index (χ1) is 24.1. The lowest BCUT2D eigenvalue weighted by atomic mass is 9.95. The highest BCUT2D eigenvalue weighted by molar-refractivity contribution is 7.07. The summed E-state index contributed by atoms with van der Waals surface area (Å²) in [6.45, 7) is 9.67. The van der Waals surface area contributed by atoms with Gasteiger partial charge >= 0.3 is 11.9 Å². The molecule has 50 heavy (non-hydrogen) atoms. The molecule has 1 aliphatic heterocycles. The first kappa shape index (κ1) is 35.9. The number of esters is 2. The predicted molar refractivity (Wildman–Crippen MR) is 189 cm³/mol. The molecule has 0 aliphatic carbocycles. The Hall–Kier alpha value is -5.36. The van der Waals surface area contributed by atoms with Gasteiger partial charge in [-0.1, -0.05) is 41.7 Å². The summed E-state index contributed by atoms with van der Waals surface area (Å²) in [5.41, 5.74) is 2.85. The molecule has 3 aromatic carbocycles. The van der Waals surface area contributed by atoms with E-state index in [1.807, 2.05) is 32.0 Å². The van der Waals surface area contributed by atoms with Gasteiger partial charge in [0.1, 0.15) is 6.61 Å². The second kappa shape index (κ2) is 15.9. The molecule has 1 aromatic heterocycles. The monoisotopic (exact) mass is 700 g/mol. The van der Waals surface area contributed by atoms with Crippen LogP contribution in [0.1, 0.15) is 67.7 Å². The van der Waals surface area contributed by atoms with Gasteiger partial charge in [0.15, 0.2) is 27.8 Å². The second-order valence-electron chi connectivity index (χ2n) is 11.5. The molecule has 0 bridgehead atoms. The van der Waals surface area contributed by atoms with E-state index in [0.717, 1.165) is 5.56 Å². The van der Waals surface area contributed by atoms with Gasteiger partial charge < -0.3 is 28.4 Å². The van der Waals surface area contributed by atoms with E-state index in [1.165, 1.54) is 23.0 Å². The van der Waals surface area contributed by atoms with Gasteiger partial charge in [-0.3, -0.25) is 9.36 Å². The smallest absolute Gasteiger partial charge is 0.338 e. The summed E-state index contributed by atoms with van der Waals surface area (Å²) in [7, 11) is 3.08. The standard InChI is InChI=1S/C38H40N2O9S/c1-8-46-36(42)25-15-13-24(14-16-25)21-48-34-27(11-10-12-29(34)44-6)20-31-35(41)40-33(26-17-18-28(49-22(3)4)30(19-26)45-7)32(37(43)47-9-2)23(5)39-38(40)50-31/h10-20,22,33H,8-9,21H2,1-7H3/b31-20+/t33-/m0/s1. The average molecular weight is 701 g/mol. The van der Waals surface area contributed by atoms with Crippen LogP contribution in [0.3, 0.4) is 0 Å². The van der Waals surface area contributed by atoms with Crippen molar-refractivity contribution in [1.29, 1.82) is 0 Å². The fourth-order valence-corrected chi connectivity index (χ4v) is 6.56. The van der Waals surface area contributed by atoms with E-state index in [4.69, 9.17) is 28.4 Å². The summed E-state index contributed by atoms with van der Waals surface area (Å²) in [4.78, 5) is 44.9. The van der Waals surface area contributed by atoms with Crippen molar-refractivity contribution < 1.29 is 38.0 Å². The summed E-state index contributed by atoms with van der Waals surface area (Å²) in [5, 5.41) is 0. The molecule has 0 unspecified atom stereocenters. The number of carbonyl (C=O) groups excluding carboxylic acids is 2. The highest BCUT2D eigenvalue weighted by Crippen LogP contribution is 2.37. The van der Waals surface area contributed by atoms with E-state index in [9.17, 15) is 14.4 Å². The molecular formula is C38H40N2O9S. The Balaban J connectivity index is 1.58. The lowest BCUT2D eigenvalue weighted by Crippen LogP contribution is -2.40. The van der Waals surface area contributed by atoms with Gasteiger partial charge in [0.05, 0.1) is 60.9 Å². The Morgan fingerprint density at radius 3 is 2.28 bits per heavy atom. The zero-order valence-electron chi connectivity index (χ0n) is 29.1. The highest BCUT2D eigenvalue weighted by atomic mass is 32.1. The summed E-state index contributed by atoms with van der Waals surface area (Å²) < 4.78 is 35.8. The molecule has 4 aromatic rings. The summed E-state index contributed by atoms with van der Waals surface area (Å²) in [6, 6.07) is 16.9. The lowest BCUT2D eigenvalue weighted by Gasteiger charge is -2.25. The molecule has 1 atom stereocenters. The number of hydrogen-bond acceptors (Lipinski definition) is 11. The Kier molecular flexibility index (Phi) is 11.4. The van der Waals surface area contributed by atoms with Gasteiger partial charge in [-0.05, 0) is 82.2 Å². The predicted octanol–water partition coefficient (Wildman–Crippen LogP) is 5.36. The van der Waals surface area contributed by atoms with Gasteiger partial charge in [-0.15, -0.1) is 0 Å². The van der Waals surface area contributed by atoms with Gasteiger partial charge in [0.25, 0.3) is 5.56 Å². The SMILES string of the molecule is CCOC(=O)C1=C(C)N=c2s/c(=C/c3cccc(OC)c3OCc3ccc(C(=O)OCC)cc3)c(=O)n2[C@H]1c1ccc(OC(C)C)c(OC)c1. The van der Waals surface area contributed by atoms with Crippen molar-refractivity contribution in [3.05, 3.63) is 114 Å². The molecule has 1 aliphatic rings. The number of carbonyl (C=O) groups is 2. The molecular weight excluding hydrogens is 660 g/mol. The third-order valence-electron chi connectivity index (χ3n) is 7.75. The maximum absolute atomic E-state index is 14.3. The summed E-state index contributed by atoms with van der Waals surface area (Å²) in [6.07, 6.45) is 1.64. The molecule has 0 spiro atoms. The third-order valence-corrected chi connectivity index (χ3v) is 8.73. The third kappa shape index (κ3) is 7.60. The Bertz CT molecular complexity index is 2100. The van der Waals surface area contributed by atoms with Crippen LogP contribution in [0.5, 0.6) is 23.0 Å². The van der Waals surface area contributed by atoms with Crippen LogP contribution < -0.4 is 33.8 Å². The molecule has 5 rings (SSSR count). The van der Waals surface area contributed by atoms with Gasteiger partial charge in [-0.2, -0.15) is 0 Å². The minimum absolute atomic E-state index is 0.0907. The fourth-order valence-electron chi connectivity index (χ4n) is 5.52. The topological polar surface area (TPSA) is 124 Å². The molecule has 0 amide bonds. The number of thiazole rings is 1. The number of rotatable bonds is 13. The van der Waals surface area contributed by atoms with E-state index in [2.05, 4.69) is 4.99 Å². The molecule has 12 heteroatoms. The van der Waals surface area contributed by atoms with Crippen molar-refractivity contribution in [2.75, 3.05) is 27.4 Å². The largest absolute Gasteiger partial charge is 0.493 e. The minimum atomic E-state index is -0.840. The zero-order chi connectivity index (χ0) is 35.9. The molecule has 0 saturated heterocycles. The number of nitrogens with zero attached hydrogens (tertiary/aromatic N) is 2. The van der Waals surface area contributed by atoms with Gasteiger partial charge in [0, 0.05) is 5.56 Å². The van der Waals surface area contributed by atoms with Crippen LogP contribution in [0.4, 0.5) is 0 Å². The Morgan fingerprint density at radius 2 is 1.62 bits per heavy atom. The first-order valence-corrected chi connectivity index (χ1v) is 17.0. The lowest BCUT2D eigenvalue weighted by molar-refractivity contribution is -0.139. The number of benzene rings is 3. The number of fused-ring (bicyclic) bond motifs is 1. The van der Waals surface area contributed by atoms with Crippen LogP contribution >= 0.6 is 11.3 Å². The van der Waals surface area contributed by atoms with Gasteiger partial charge in [-0.25, -0.2) is 14.6 Å². The normalized spacial score (nSPS) is 14.2. The molecule has 0 fully saturated rings. The van der Waals surface area contributed by atoms with E-state index in [0.29, 0.717) is 61.3 Å². The Labute approximate surface area is 294 Å². The Morgan fingerprint density at radius 1 is 0.920 bits per heavy atom. The van der Waals surface area contributed by atoms with Crippen molar-refractivity contribution in [3.63, 3.8) is 0 Å². The molecule has 2 heterocycles. The molecule has 0 radical (unpaired) electrons. The highest BCUT2D eigenvalue weighted by Gasteiger charge is 2.34. The van der Waals surface area contributed by atoms with Crippen LogP contribution in [-0.2, 0) is 20.9 Å². The number of hydrogen-bond donors (Lipinski definition) is 0. The van der Waals surface area contributed by atoms with Crippen molar-refractivity contribution in [2.45, 2.75) is 53.4 Å². The molecule has 0 N–H and O–H groups in total. The number of ether oxygens (including phenoxy) is 6. The summed E-state index contributed by atoms with van der Waals surface area (Å²) >= 11 is 1.20. The van der Waals surface area contributed by atoms with E-state index in [-0.39, 0.29) is 30.5 Å². The quantitative estimate of drug-likeness (QED) is 0.170. The molecule has 0 saturated carbocycles. The fraction of sp³-hybridized carbons (Fsp3) is 0.316. The van der Waals surface area contributed by atoms with Crippen molar-refractivity contribution in [3.8, 4) is 23.0 Å². The minimum Gasteiger partial charge on any atom is -0.493 e. The van der Waals surface area contributed by atoms with Crippen LogP contribution in [0.25, 0.3) is 6.08 Å². The molecule has 262 valence electrons. The number of para-hydroxylation sites is 1. The average Bonchev–Trinajstić information content (AvgIpc) is 3.40. The zero-order valence-corrected chi connectivity index (χ0v) is 29.9. The summed E-state index contributed by atoms with van der Waals surface area (Å²) in [5.74, 6) is 0.955. The van der Waals surface area contributed by atoms with E-state index in [1.54, 1.807) is 76.4 Å². The van der Waals surface area contributed by atoms with Gasteiger partial charge in [0.2, 0.25) is 0 Å². The van der Waals surface area contributed by atoms with Crippen LogP contribution in [-0.4, -0.2) is 50.0 Å². The number of allylic oxidation sites excluding steroid dienone is 1. The van der Waals surface area contributed by atoms with Crippen molar-refractivity contribution in [2.24, 2.45) is 4.99 Å². The van der Waals surface area contributed by atoms with Crippen molar-refractivity contribution in [1.82, 2.24) is 4.57 Å². The van der Waals surface area contributed by atoms with Crippen LogP contribution in [0.2, 0.25) is 0 Å². The maximum atomic E-state index is 14.3. The van der Waals surface area contributed by atoms with Crippen LogP contribution in [0.15, 0.2) is 81.7 Å². The maximum Gasteiger partial charge on any atom is 0.338 e. The van der Waals surface area contributed by atoms with E-state index >= 15 is 0 Å². The second-order valence-corrected chi connectivity index (χ2v) is 12.5.